The van der Waals surface area contributed by atoms with Gasteiger partial charge in [-0.05, 0) is 40.1 Å². The fourth-order valence-corrected chi connectivity index (χ4v) is 3.00. The molecule has 0 radical (unpaired) electrons. The second kappa shape index (κ2) is 5.81. The number of fused-ring (bicyclic) bond motifs is 3. The van der Waals surface area contributed by atoms with Gasteiger partial charge in [-0.25, -0.2) is 4.98 Å². The molecule has 3 aromatic rings. The van der Waals surface area contributed by atoms with E-state index in [1.165, 1.54) is 6.07 Å². The Balaban J connectivity index is 2.35. The Morgan fingerprint density at radius 2 is 2.00 bits per heavy atom. The third kappa shape index (κ3) is 2.65. The second-order valence-electron chi connectivity index (χ2n) is 6.23. The summed E-state index contributed by atoms with van der Waals surface area (Å²) in [7, 11) is 5.77. The van der Waals surface area contributed by atoms with Gasteiger partial charge in [-0.15, -0.1) is 0 Å². The SMILES string of the molecule is COc1ccc2c3cc(F)nc(C)c3n(CC(C)N(C)C)c2c1. The van der Waals surface area contributed by atoms with Crippen LogP contribution >= 0.6 is 0 Å². The lowest BCUT2D eigenvalue weighted by Gasteiger charge is -2.21. The minimum absolute atomic E-state index is 0.337. The summed E-state index contributed by atoms with van der Waals surface area (Å²) < 4.78 is 21.4. The molecular formula is C18H22FN3O. The van der Waals surface area contributed by atoms with Crippen molar-refractivity contribution in [3.63, 3.8) is 0 Å². The topological polar surface area (TPSA) is 30.3 Å². The highest BCUT2D eigenvalue weighted by Gasteiger charge is 2.17. The van der Waals surface area contributed by atoms with Crippen LogP contribution in [-0.4, -0.2) is 41.7 Å². The first-order valence-electron chi connectivity index (χ1n) is 7.72. The summed E-state index contributed by atoms with van der Waals surface area (Å²) in [6, 6.07) is 7.77. The van der Waals surface area contributed by atoms with Gasteiger partial charge in [0.15, 0.2) is 0 Å². The molecule has 2 heterocycles. The van der Waals surface area contributed by atoms with Crippen molar-refractivity contribution in [2.24, 2.45) is 0 Å². The van der Waals surface area contributed by atoms with E-state index in [0.717, 1.165) is 34.1 Å². The van der Waals surface area contributed by atoms with Gasteiger partial charge in [0.1, 0.15) is 5.75 Å². The Bertz CT molecular complexity index is 870. The van der Waals surface area contributed by atoms with Gasteiger partial charge >= 0.3 is 0 Å². The molecule has 0 spiro atoms. The van der Waals surface area contributed by atoms with E-state index in [9.17, 15) is 4.39 Å². The number of pyridine rings is 1. The van der Waals surface area contributed by atoms with Crippen molar-refractivity contribution in [1.29, 1.82) is 0 Å². The molecule has 3 rings (SSSR count). The van der Waals surface area contributed by atoms with Crippen molar-refractivity contribution >= 4 is 21.8 Å². The molecule has 4 nitrogen and oxygen atoms in total. The minimum atomic E-state index is -0.439. The van der Waals surface area contributed by atoms with Gasteiger partial charge < -0.3 is 14.2 Å². The second-order valence-corrected chi connectivity index (χ2v) is 6.23. The quantitative estimate of drug-likeness (QED) is 0.689. The predicted octanol–water partition coefficient (Wildman–Crippen LogP) is 3.60. The number of likely N-dealkylation sites (N-methyl/N-ethyl adjacent to an activating group) is 1. The first-order valence-corrected chi connectivity index (χ1v) is 7.72. The highest BCUT2D eigenvalue weighted by molar-refractivity contribution is 6.09. The number of rotatable bonds is 4. The van der Waals surface area contributed by atoms with Crippen LogP contribution in [0.2, 0.25) is 0 Å². The number of methoxy groups -OCH3 is 1. The fraction of sp³-hybridized carbons (Fsp3) is 0.389. The summed E-state index contributed by atoms with van der Waals surface area (Å²) in [5.41, 5.74) is 2.74. The number of benzene rings is 1. The molecule has 0 saturated heterocycles. The number of aromatic nitrogens is 2. The van der Waals surface area contributed by atoms with Gasteiger partial charge in [0.2, 0.25) is 5.95 Å². The van der Waals surface area contributed by atoms with Crippen molar-refractivity contribution < 1.29 is 9.13 Å². The van der Waals surface area contributed by atoms with E-state index >= 15 is 0 Å². The van der Waals surface area contributed by atoms with Crippen molar-refractivity contribution in [3.8, 4) is 5.75 Å². The Hall–Kier alpha value is -2.14. The van der Waals surface area contributed by atoms with Crippen LogP contribution < -0.4 is 4.74 Å². The van der Waals surface area contributed by atoms with E-state index in [1.54, 1.807) is 7.11 Å². The highest BCUT2D eigenvalue weighted by atomic mass is 19.1. The maximum Gasteiger partial charge on any atom is 0.213 e. The molecule has 23 heavy (non-hydrogen) atoms. The van der Waals surface area contributed by atoms with E-state index in [2.05, 4.69) is 35.5 Å². The van der Waals surface area contributed by atoms with Gasteiger partial charge in [-0.1, -0.05) is 0 Å². The summed E-state index contributed by atoms with van der Waals surface area (Å²) in [6.45, 7) is 4.83. The predicted molar refractivity (Wildman–Crippen MR) is 91.6 cm³/mol. The van der Waals surface area contributed by atoms with E-state index in [0.29, 0.717) is 11.7 Å². The normalized spacial score (nSPS) is 13.2. The lowest BCUT2D eigenvalue weighted by Crippen LogP contribution is -2.29. The summed E-state index contributed by atoms with van der Waals surface area (Å²) in [6.07, 6.45) is 0. The zero-order valence-corrected chi connectivity index (χ0v) is 14.2. The average molecular weight is 315 g/mol. The summed E-state index contributed by atoms with van der Waals surface area (Å²) >= 11 is 0. The first kappa shape index (κ1) is 15.7. The summed E-state index contributed by atoms with van der Waals surface area (Å²) in [4.78, 5) is 6.19. The van der Waals surface area contributed by atoms with E-state index < -0.39 is 5.95 Å². The van der Waals surface area contributed by atoms with Crippen LogP contribution in [-0.2, 0) is 6.54 Å². The molecule has 0 fully saturated rings. The van der Waals surface area contributed by atoms with Crippen LogP contribution in [0, 0.1) is 12.9 Å². The van der Waals surface area contributed by atoms with E-state index in [1.807, 2.05) is 25.1 Å². The van der Waals surface area contributed by atoms with Crippen LogP contribution in [0.4, 0.5) is 4.39 Å². The van der Waals surface area contributed by atoms with Gasteiger partial charge in [-0.2, -0.15) is 4.39 Å². The molecule has 0 aliphatic rings. The molecular weight excluding hydrogens is 293 g/mol. The highest BCUT2D eigenvalue weighted by Crippen LogP contribution is 2.33. The Morgan fingerprint density at radius 3 is 2.65 bits per heavy atom. The van der Waals surface area contributed by atoms with Crippen molar-refractivity contribution in [3.05, 3.63) is 35.9 Å². The van der Waals surface area contributed by atoms with Crippen LogP contribution in [0.5, 0.6) is 5.75 Å². The zero-order valence-electron chi connectivity index (χ0n) is 14.2. The van der Waals surface area contributed by atoms with Crippen molar-refractivity contribution in [1.82, 2.24) is 14.5 Å². The van der Waals surface area contributed by atoms with Gasteiger partial charge in [-0.3, -0.25) is 0 Å². The molecule has 5 heteroatoms. The molecule has 1 aromatic carbocycles. The molecule has 0 aliphatic heterocycles. The maximum absolute atomic E-state index is 13.8. The Morgan fingerprint density at radius 1 is 1.26 bits per heavy atom. The van der Waals surface area contributed by atoms with E-state index in [4.69, 9.17) is 4.74 Å². The molecule has 2 aromatic heterocycles. The molecule has 1 unspecified atom stereocenters. The van der Waals surface area contributed by atoms with Crippen LogP contribution in [0.15, 0.2) is 24.3 Å². The van der Waals surface area contributed by atoms with Gasteiger partial charge in [0.25, 0.3) is 0 Å². The number of ether oxygens (including phenoxy) is 1. The number of hydrogen-bond acceptors (Lipinski definition) is 3. The molecule has 0 N–H and O–H groups in total. The lowest BCUT2D eigenvalue weighted by atomic mass is 10.1. The lowest BCUT2D eigenvalue weighted by molar-refractivity contribution is 0.288. The molecule has 0 aliphatic carbocycles. The first-order chi connectivity index (χ1) is 10.9. The van der Waals surface area contributed by atoms with Crippen LogP contribution in [0.1, 0.15) is 12.6 Å². The minimum Gasteiger partial charge on any atom is -0.497 e. The zero-order chi connectivity index (χ0) is 16.7. The van der Waals surface area contributed by atoms with Gasteiger partial charge in [0.05, 0.1) is 23.8 Å². The maximum atomic E-state index is 13.8. The molecule has 0 saturated carbocycles. The standard InChI is InChI=1S/C18H22FN3O/c1-11(21(3)4)10-22-16-8-13(23-5)6-7-14(16)15-9-17(19)20-12(2)18(15)22/h6-9,11H,10H2,1-5H3. The van der Waals surface area contributed by atoms with Crippen LogP contribution in [0.25, 0.3) is 21.8 Å². The van der Waals surface area contributed by atoms with Crippen molar-refractivity contribution in [2.75, 3.05) is 21.2 Å². The third-order valence-corrected chi connectivity index (χ3v) is 4.52. The summed E-state index contributed by atoms with van der Waals surface area (Å²) in [5, 5.41) is 1.93. The molecule has 0 amide bonds. The largest absolute Gasteiger partial charge is 0.497 e. The molecule has 122 valence electrons. The number of nitrogens with zero attached hydrogens (tertiary/aromatic N) is 3. The molecule has 1 atom stereocenters. The number of aryl methyl sites for hydroxylation is 1. The Labute approximate surface area is 135 Å². The smallest absolute Gasteiger partial charge is 0.213 e. The number of hydrogen-bond donors (Lipinski definition) is 0. The number of halogens is 1. The fourth-order valence-electron chi connectivity index (χ4n) is 3.00. The van der Waals surface area contributed by atoms with Crippen molar-refractivity contribution in [2.45, 2.75) is 26.4 Å². The molecule has 0 bridgehead atoms. The monoisotopic (exact) mass is 315 g/mol. The third-order valence-electron chi connectivity index (χ3n) is 4.52. The van der Waals surface area contributed by atoms with E-state index in [-0.39, 0.29) is 0 Å². The van der Waals surface area contributed by atoms with Gasteiger partial charge in [0, 0.05) is 35.5 Å². The Kier molecular flexibility index (Phi) is 3.98. The summed E-state index contributed by atoms with van der Waals surface area (Å²) in [5.74, 6) is 0.357. The van der Waals surface area contributed by atoms with Crippen LogP contribution in [0.3, 0.4) is 0 Å². The average Bonchev–Trinajstić information content (AvgIpc) is 2.80.